The van der Waals surface area contributed by atoms with Gasteiger partial charge in [-0.3, -0.25) is 4.79 Å². The van der Waals surface area contributed by atoms with Crippen molar-refractivity contribution < 1.29 is 9.53 Å². The normalized spacial score (nSPS) is 12.1. The first-order valence-corrected chi connectivity index (χ1v) is 4.79. The van der Waals surface area contributed by atoms with Crippen LogP contribution in [-0.2, 0) is 4.74 Å². The van der Waals surface area contributed by atoms with E-state index in [2.05, 4.69) is 5.32 Å². The van der Waals surface area contributed by atoms with Gasteiger partial charge in [-0.05, 0) is 31.2 Å². The number of hydrogen-bond donors (Lipinski definition) is 2. The molecule has 4 heteroatoms. The fourth-order valence-electron chi connectivity index (χ4n) is 1.31. The van der Waals surface area contributed by atoms with E-state index >= 15 is 0 Å². The molecule has 1 aromatic rings. The minimum Gasteiger partial charge on any atom is -0.383 e. The Balaban J connectivity index is 2.60. The third-order valence-corrected chi connectivity index (χ3v) is 2.00. The second-order valence-electron chi connectivity index (χ2n) is 3.44. The summed E-state index contributed by atoms with van der Waals surface area (Å²) >= 11 is 0. The number of anilines is 1. The lowest BCUT2D eigenvalue weighted by Crippen LogP contribution is -2.20. The minimum absolute atomic E-state index is 0.231. The lowest BCUT2D eigenvalue weighted by molar-refractivity contribution is 0.100. The first kappa shape index (κ1) is 11.5. The molecule has 0 heterocycles. The first-order chi connectivity index (χ1) is 7.13. The maximum absolute atomic E-state index is 10.8. The standard InChI is InChI=1S/C11H16N2O2/c1-8(7-15-2)13-10-5-3-9(4-6-10)11(12)14/h3-6,8,13H,7H2,1-2H3,(H2,12,14)/t8-/m0/s1. The van der Waals surface area contributed by atoms with Crippen molar-refractivity contribution in [1.29, 1.82) is 0 Å². The molecule has 0 saturated carbocycles. The Morgan fingerprint density at radius 1 is 1.47 bits per heavy atom. The molecule has 1 amide bonds. The van der Waals surface area contributed by atoms with Crippen LogP contribution in [0.15, 0.2) is 24.3 Å². The number of rotatable bonds is 5. The highest BCUT2D eigenvalue weighted by Crippen LogP contribution is 2.10. The van der Waals surface area contributed by atoms with Crippen LogP contribution in [0.1, 0.15) is 17.3 Å². The molecule has 15 heavy (non-hydrogen) atoms. The fraction of sp³-hybridized carbons (Fsp3) is 0.364. The van der Waals surface area contributed by atoms with Crippen LogP contribution >= 0.6 is 0 Å². The highest BCUT2D eigenvalue weighted by Gasteiger charge is 2.02. The van der Waals surface area contributed by atoms with Gasteiger partial charge < -0.3 is 15.8 Å². The summed E-state index contributed by atoms with van der Waals surface area (Å²) in [5.41, 5.74) is 6.60. The lowest BCUT2D eigenvalue weighted by Gasteiger charge is -2.14. The van der Waals surface area contributed by atoms with E-state index in [0.717, 1.165) is 5.69 Å². The average Bonchev–Trinajstić information content (AvgIpc) is 2.18. The molecule has 0 unspecified atom stereocenters. The second kappa shape index (κ2) is 5.36. The molecule has 1 rings (SSSR count). The molecule has 3 N–H and O–H groups in total. The van der Waals surface area contributed by atoms with E-state index in [4.69, 9.17) is 10.5 Å². The van der Waals surface area contributed by atoms with Crippen molar-refractivity contribution >= 4 is 11.6 Å². The van der Waals surface area contributed by atoms with Gasteiger partial charge in [0, 0.05) is 24.4 Å². The van der Waals surface area contributed by atoms with Gasteiger partial charge in [-0.2, -0.15) is 0 Å². The molecular weight excluding hydrogens is 192 g/mol. The van der Waals surface area contributed by atoms with Crippen molar-refractivity contribution in [3.8, 4) is 0 Å². The number of nitrogens with one attached hydrogen (secondary N) is 1. The number of primary amides is 1. The van der Waals surface area contributed by atoms with Crippen LogP contribution in [0.4, 0.5) is 5.69 Å². The maximum Gasteiger partial charge on any atom is 0.248 e. The Bertz CT molecular complexity index is 322. The zero-order valence-corrected chi connectivity index (χ0v) is 8.99. The van der Waals surface area contributed by atoms with E-state index in [1.807, 2.05) is 19.1 Å². The predicted octanol–water partition coefficient (Wildman–Crippen LogP) is 1.23. The highest BCUT2D eigenvalue weighted by molar-refractivity contribution is 5.93. The van der Waals surface area contributed by atoms with Crippen LogP contribution in [0.2, 0.25) is 0 Å². The van der Waals surface area contributed by atoms with Crippen molar-refractivity contribution in [3.05, 3.63) is 29.8 Å². The summed E-state index contributed by atoms with van der Waals surface area (Å²) in [6.45, 7) is 2.66. The Hall–Kier alpha value is -1.55. The van der Waals surface area contributed by atoms with Gasteiger partial charge in [0.25, 0.3) is 0 Å². The predicted molar refractivity (Wildman–Crippen MR) is 59.9 cm³/mol. The van der Waals surface area contributed by atoms with Crippen molar-refractivity contribution in [3.63, 3.8) is 0 Å². The van der Waals surface area contributed by atoms with E-state index in [0.29, 0.717) is 12.2 Å². The molecule has 0 aliphatic heterocycles. The zero-order chi connectivity index (χ0) is 11.3. The summed E-state index contributed by atoms with van der Waals surface area (Å²) in [4.78, 5) is 10.8. The molecule has 1 atom stereocenters. The molecule has 0 spiro atoms. The highest BCUT2D eigenvalue weighted by atomic mass is 16.5. The lowest BCUT2D eigenvalue weighted by atomic mass is 10.2. The van der Waals surface area contributed by atoms with Crippen molar-refractivity contribution in [2.45, 2.75) is 13.0 Å². The van der Waals surface area contributed by atoms with Gasteiger partial charge in [0.2, 0.25) is 5.91 Å². The van der Waals surface area contributed by atoms with Crippen LogP contribution in [0, 0.1) is 0 Å². The number of ether oxygens (including phenoxy) is 1. The molecule has 0 aromatic heterocycles. The molecule has 4 nitrogen and oxygen atoms in total. The summed E-state index contributed by atoms with van der Waals surface area (Å²) < 4.78 is 5.00. The largest absolute Gasteiger partial charge is 0.383 e. The minimum atomic E-state index is -0.411. The van der Waals surface area contributed by atoms with Gasteiger partial charge >= 0.3 is 0 Å². The number of carbonyl (C=O) groups is 1. The summed E-state index contributed by atoms with van der Waals surface area (Å²) in [6, 6.07) is 7.28. The van der Waals surface area contributed by atoms with Crippen LogP contribution < -0.4 is 11.1 Å². The Labute approximate surface area is 89.4 Å². The Kier molecular flexibility index (Phi) is 4.12. The van der Waals surface area contributed by atoms with Crippen LogP contribution in [0.5, 0.6) is 0 Å². The van der Waals surface area contributed by atoms with E-state index < -0.39 is 5.91 Å². The molecule has 82 valence electrons. The third kappa shape index (κ3) is 3.59. The first-order valence-electron chi connectivity index (χ1n) is 4.79. The fourth-order valence-corrected chi connectivity index (χ4v) is 1.31. The summed E-state index contributed by atoms with van der Waals surface area (Å²) in [7, 11) is 1.66. The van der Waals surface area contributed by atoms with Gasteiger partial charge in [0.05, 0.1) is 6.61 Å². The van der Waals surface area contributed by atoms with Gasteiger partial charge in [0.15, 0.2) is 0 Å². The quantitative estimate of drug-likeness (QED) is 0.765. The van der Waals surface area contributed by atoms with E-state index in [-0.39, 0.29) is 6.04 Å². The Morgan fingerprint density at radius 2 is 2.07 bits per heavy atom. The van der Waals surface area contributed by atoms with E-state index in [1.165, 1.54) is 0 Å². The third-order valence-electron chi connectivity index (χ3n) is 2.00. The van der Waals surface area contributed by atoms with E-state index in [9.17, 15) is 4.79 Å². The van der Waals surface area contributed by atoms with Crippen molar-refractivity contribution in [2.75, 3.05) is 19.0 Å². The number of methoxy groups -OCH3 is 1. The van der Waals surface area contributed by atoms with Crippen molar-refractivity contribution in [2.24, 2.45) is 5.73 Å². The average molecular weight is 208 g/mol. The molecule has 0 aliphatic rings. The zero-order valence-electron chi connectivity index (χ0n) is 8.99. The van der Waals surface area contributed by atoms with Crippen LogP contribution in [-0.4, -0.2) is 25.7 Å². The Morgan fingerprint density at radius 3 is 2.53 bits per heavy atom. The smallest absolute Gasteiger partial charge is 0.248 e. The van der Waals surface area contributed by atoms with Gasteiger partial charge in [0.1, 0.15) is 0 Å². The maximum atomic E-state index is 10.8. The molecule has 0 saturated heterocycles. The molecule has 0 fully saturated rings. The summed E-state index contributed by atoms with van der Waals surface area (Å²) in [5, 5.41) is 3.23. The van der Waals surface area contributed by atoms with Crippen LogP contribution in [0.3, 0.4) is 0 Å². The van der Waals surface area contributed by atoms with Gasteiger partial charge in [-0.25, -0.2) is 0 Å². The van der Waals surface area contributed by atoms with Crippen molar-refractivity contribution in [1.82, 2.24) is 0 Å². The van der Waals surface area contributed by atoms with Gasteiger partial charge in [-0.15, -0.1) is 0 Å². The number of benzene rings is 1. The number of amides is 1. The molecule has 0 radical (unpaired) electrons. The summed E-state index contributed by atoms with van der Waals surface area (Å²) in [6.07, 6.45) is 0. The monoisotopic (exact) mass is 208 g/mol. The summed E-state index contributed by atoms with van der Waals surface area (Å²) in [5.74, 6) is -0.411. The topological polar surface area (TPSA) is 64.3 Å². The van der Waals surface area contributed by atoms with Gasteiger partial charge in [-0.1, -0.05) is 0 Å². The second-order valence-corrected chi connectivity index (χ2v) is 3.44. The molecule has 0 aliphatic carbocycles. The number of hydrogen-bond acceptors (Lipinski definition) is 3. The SMILES string of the molecule is COC[C@H](C)Nc1ccc(C(N)=O)cc1. The molecule has 0 bridgehead atoms. The number of nitrogens with two attached hydrogens (primary N) is 1. The van der Waals surface area contributed by atoms with Crippen LogP contribution in [0.25, 0.3) is 0 Å². The molecule has 1 aromatic carbocycles. The number of carbonyl (C=O) groups excluding carboxylic acids is 1. The van der Waals surface area contributed by atoms with E-state index in [1.54, 1.807) is 19.2 Å². The molecular formula is C11H16N2O2.